The van der Waals surface area contributed by atoms with Crippen molar-refractivity contribution in [3.8, 4) is 0 Å². The maximum absolute atomic E-state index is 12.0. The van der Waals surface area contributed by atoms with Crippen LogP contribution in [0.4, 0.5) is 0 Å². The van der Waals surface area contributed by atoms with Gasteiger partial charge in [-0.05, 0) is 42.5 Å². The van der Waals surface area contributed by atoms with Crippen LogP contribution in [0.2, 0.25) is 0 Å². The van der Waals surface area contributed by atoms with Crippen molar-refractivity contribution < 1.29 is 4.79 Å². The first-order valence-electron chi connectivity index (χ1n) is 6.95. The lowest BCUT2D eigenvalue weighted by Crippen LogP contribution is -2.33. The van der Waals surface area contributed by atoms with Crippen LogP contribution in [0.5, 0.6) is 0 Å². The normalized spacial score (nSPS) is 17.1. The van der Waals surface area contributed by atoms with Gasteiger partial charge in [0.2, 0.25) is 0 Å². The van der Waals surface area contributed by atoms with E-state index in [2.05, 4.69) is 26.1 Å². The van der Waals surface area contributed by atoms with Gasteiger partial charge in [-0.3, -0.25) is 4.79 Å². The summed E-state index contributed by atoms with van der Waals surface area (Å²) in [6.07, 6.45) is 2.26. The van der Waals surface area contributed by atoms with E-state index < -0.39 is 0 Å². The predicted octanol–water partition coefficient (Wildman–Crippen LogP) is 2.45. The molecule has 3 N–H and O–H groups in total. The number of nitrogens with two attached hydrogens (primary N) is 1. The monoisotopic (exact) mass is 260 g/mol. The average molecular weight is 260 g/mol. The molecule has 0 spiro atoms. The molecule has 0 radical (unpaired) electrons. The number of nitrogens with one attached hydrogen (secondary N) is 1. The van der Waals surface area contributed by atoms with E-state index >= 15 is 0 Å². The van der Waals surface area contributed by atoms with E-state index in [1.165, 1.54) is 5.56 Å². The first kappa shape index (κ1) is 14.1. The van der Waals surface area contributed by atoms with E-state index in [9.17, 15) is 4.79 Å². The fourth-order valence-electron chi connectivity index (χ4n) is 2.12. The molecule has 1 aromatic rings. The Morgan fingerprint density at radius 2 is 1.84 bits per heavy atom. The average Bonchev–Trinajstić information content (AvgIpc) is 3.16. The van der Waals surface area contributed by atoms with Gasteiger partial charge in [0.05, 0.1) is 0 Å². The molecule has 104 valence electrons. The van der Waals surface area contributed by atoms with E-state index in [4.69, 9.17) is 5.73 Å². The smallest absolute Gasteiger partial charge is 0.251 e. The van der Waals surface area contributed by atoms with Crippen LogP contribution in [0.1, 0.15) is 49.5 Å². The summed E-state index contributed by atoms with van der Waals surface area (Å²) in [6, 6.07) is 7.87. The van der Waals surface area contributed by atoms with Gasteiger partial charge in [0.15, 0.2) is 0 Å². The first-order valence-corrected chi connectivity index (χ1v) is 6.95. The molecule has 0 bridgehead atoms. The van der Waals surface area contributed by atoms with E-state index in [1.807, 2.05) is 24.3 Å². The fraction of sp³-hybridized carbons (Fsp3) is 0.562. The van der Waals surface area contributed by atoms with Gasteiger partial charge in [0.1, 0.15) is 0 Å². The number of amides is 1. The summed E-state index contributed by atoms with van der Waals surface area (Å²) >= 11 is 0. The Balaban J connectivity index is 1.96. The van der Waals surface area contributed by atoms with Gasteiger partial charge in [-0.2, -0.15) is 0 Å². The SMILES string of the molecule is CC(C)(C)c1ccc(C(=O)NCC2(CN)CC2)cc1. The molecule has 0 aromatic heterocycles. The van der Waals surface area contributed by atoms with Crippen molar-refractivity contribution in [1.29, 1.82) is 0 Å². The van der Waals surface area contributed by atoms with Crippen molar-refractivity contribution in [2.24, 2.45) is 11.1 Å². The summed E-state index contributed by atoms with van der Waals surface area (Å²) in [7, 11) is 0. The molecular weight excluding hydrogens is 236 g/mol. The predicted molar refractivity (Wildman–Crippen MR) is 78.2 cm³/mol. The van der Waals surface area contributed by atoms with Gasteiger partial charge in [-0.1, -0.05) is 32.9 Å². The lowest BCUT2D eigenvalue weighted by molar-refractivity contribution is 0.0945. The number of rotatable bonds is 4. The van der Waals surface area contributed by atoms with Gasteiger partial charge >= 0.3 is 0 Å². The quantitative estimate of drug-likeness (QED) is 0.873. The molecule has 0 unspecified atom stereocenters. The third kappa shape index (κ3) is 3.35. The van der Waals surface area contributed by atoms with E-state index in [-0.39, 0.29) is 16.7 Å². The molecule has 19 heavy (non-hydrogen) atoms. The number of benzene rings is 1. The van der Waals surface area contributed by atoms with Gasteiger partial charge in [0, 0.05) is 17.5 Å². The molecule has 3 nitrogen and oxygen atoms in total. The van der Waals surface area contributed by atoms with Crippen molar-refractivity contribution in [2.75, 3.05) is 13.1 Å². The lowest BCUT2D eigenvalue weighted by atomic mass is 9.86. The van der Waals surface area contributed by atoms with E-state index in [0.29, 0.717) is 13.1 Å². The summed E-state index contributed by atoms with van der Waals surface area (Å²) < 4.78 is 0. The van der Waals surface area contributed by atoms with Crippen molar-refractivity contribution in [2.45, 2.75) is 39.0 Å². The van der Waals surface area contributed by atoms with Crippen LogP contribution in [0.15, 0.2) is 24.3 Å². The van der Waals surface area contributed by atoms with E-state index in [1.54, 1.807) is 0 Å². The minimum absolute atomic E-state index is 0.000171. The second kappa shape index (κ2) is 4.97. The zero-order chi connectivity index (χ0) is 14.1. The Labute approximate surface area is 115 Å². The van der Waals surface area contributed by atoms with Gasteiger partial charge in [-0.15, -0.1) is 0 Å². The second-order valence-electron chi connectivity index (χ2n) is 6.71. The topological polar surface area (TPSA) is 55.1 Å². The summed E-state index contributed by atoms with van der Waals surface area (Å²) in [5, 5.41) is 2.99. The van der Waals surface area contributed by atoms with Crippen LogP contribution < -0.4 is 11.1 Å². The Morgan fingerprint density at radius 3 is 2.26 bits per heavy atom. The van der Waals surface area contributed by atoms with Crippen LogP contribution in [-0.2, 0) is 5.41 Å². The first-order chi connectivity index (χ1) is 8.86. The highest BCUT2D eigenvalue weighted by Crippen LogP contribution is 2.43. The highest BCUT2D eigenvalue weighted by Gasteiger charge is 2.41. The van der Waals surface area contributed by atoms with E-state index in [0.717, 1.165) is 18.4 Å². The molecule has 2 rings (SSSR count). The molecule has 1 amide bonds. The lowest BCUT2D eigenvalue weighted by Gasteiger charge is -2.19. The van der Waals surface area contributed by atoms with Crippen molar-refractivity contribution in [3.63, 3.8) is 0 Å². The van der Waals surface area contributed by atoms with Crippen LogP contribution in [-0.4, -0.2) is 19.0 Å². The molecule has 0 aliphatic heterocycles. The molecule has 1 aliphatic carbocycles. The minimum atomic E-state index is 0.000171. The van der Waals surface area contributed by atoms with Crippen LogP contribution in [0.3, 0.4) is 0 Å². The number of hydrogen-bond donors (Lipinski definition) is 2. The molecular formula is C16H24N2O. The summed E-state index contributed by atoms with van der Waals surface area (Å²) in [6.45, 7) is 7.86. The zero-order valence-corrected chi connectivity index (χ0v) is 12.1. The second-order valence-corrected chi connectivity index (χ2v) is 6.71. The Kier molecular flexibility index (Phi) is 3.68. The van der Waals surface area contributed by atoms with Gasteiger partial charge in [0.25, 0.3) is 5.91 Å². The summed E-state index contributed by atoms with van der Waals surface area (Å²) in [5.74, 6) is 0.000171. The maximum atomic E-state index is 12.0. The van der Waals surface area contributed by atoms with Gasteiger partial charge < -0.3 is 11.1 Å². The highest BCUT2D eigenvalue weighted by atomic mass is 16.1. The zero-order valence-electron chi connectivity index (χ0n) is 12.1. The van der Waals surface area contributed by atoms with Crippen LogP contribution in [0.25, 0.3) is 0 Å². The van der Waals surface area contributed by atoms with Crippen LogP contribution >= 0.6 is 0 Å². The van der Waals surface area contributed by atoms with Crippen molar-refractivity contribution in [1.82, 2.24) is 5.32 Å². The molecule has 1 fully saturated rings. The standard InChI is InChI=1S/C16H24N2O/c1-15(2,3)13-6-4-12(5-7-13)14(19)18-11-16(10-17)8-9-16/h4-7H,8-11,17H2,1-3H3,(H,18,19). The molecule has 1 saturated carbocycles. The number of hydrogen-bond acceptors (Lipinski definition) is 2. The van der Waals surface area contributed by atoms with Crippen molar-refractivity contribution in [3.05, 3.63) is 35.4 Å². The third-order valence-corrected chi connectivity index (χ3v) is 4.03. The third-order valence-electron chi connectivity index (χ3n) is 4.03. The molecule has 1 aromatic carbocycles. The number of carbonyl (C=O) groups is 1. The highest BCUT2D eigenvalue weighted by molar-refractivity contribution is 5.94. The fourth-order valence-corrected chi connectivity index (χ4v) is 2.12. The minimum Gasteiger partial charge on any atom is -0.351 e. The van der Waals surface area contributed by atoms with Crippen LogP contribution in [0, 0.1) is 5.41 Å². The van der Waals surface area contributed by atoms with Gasteiger partial charge in [-0.25, -0.2) is 0 Å². The summed E-state index contributed by atoms with van der Waals surface area (Å²) in [4.78, 5) is 12.0. The maximum Gasteiger partial charge on any atom is 0.251 e. The molecule has 3 heteroatoms. The Hall–Kier alpha value is -1.35. The number of carbonyl (C=O) groups excluding carboxylic acids is 1. The summed E-state index contributed by atoms with van der Waals surface area (Å²) in [5.41, 5.74) is 7.97. The largest absolute Gasteiger partial charge is 0.351 e. The van der Waals surface area contributed by atoms with Crippen molar-refractivity contribution >= 4 is 5.91 Å². The molecule has 0 saturated heterocycles. The molecule has 1 aliphatic rings. The Morgan fingerprint density at radius 1 is 1.26 bits per heavy atom. The Bertz CT molecular complexity index is 453. The molecule has 0 atom stereocenters. The molecule has 0 heterocycles.